The number of aliphatic hydroxyl groups is 2. The summed E-state index contributed by atoms with van der Waals surface area (Å²) in [6, 6.07) is 0. The standard InChI is InChI=1S/C4H6O2.Cu/c1-4(6)2-3-5;/h4-6H,1H3;. The zero-order chi connectivity index (χ0) is 4.99. The summed E-state index contributed by atoms with van der Waals surface area (Å²) in [5, 5.41) is 15.9. The zero-order valence-corrected chi connectivity index (χ0v) is 4.71. The van der Waals surface area contributed by atoms with Gasteiger partial charge in [-0.3, -0.25) is 0 Å². The monoisotopic (exact) mass is 149 g/mol. The van der Waals surface area contributed by atoms with E-state index in [1.165, 1.54) is 6.92 Å². The minimum atomic E-state index is -0.713. The summed E-state index contributed by atoms with van der Waals surface area (Å²) in [6.07, 6.45) is 0.854. The van der Waals surface area contributed by atoms with Crippen LogP contribution in [0.25, 0.3) is 0 Å². The van der Waals surface area contributed by atoms with Gasteiger partial charge >= 0.3 is 0 Å². The normalized spacial score (nSPS) is 10.0. The molecule has 3 heteroatoms. The molecule has 0 aliphatic heterocycles. The molecule has 0 saturated carbocycles. The van der Waals surface area contributed by atoms with Crippen molar-refractivity contribution in [3.05, 3.63) is 0 Å². The van der Waals surface area contributed by atoms with Gasteiger partial charge in [-0.15, -0.1) is 0 Å². The average molecular weight is 150 g/mol. The second-order valence-electron chi connectivity index (χ2n) is 0.932. The molecular formula is C4H6CuO2. The molecule has 0 aliphatic carbocycles. The quantitative estimate of drug-likeness (QED) is 0.367. The van der Waals surface area contributed by atoms with Crippen LogP contribution in [-0.2, 0) is 17.1 Å². The van der Waals surface area contributed by atoms with Gasteiger partial charge in [-0.25, -0.2) is 0 Å². The Morgan fingerprint density at radius 2 is 2.00 bits per heavy atom. The van der Waals surface area contributed by atoms with Crippen LogP contribution in [0.1, 0.15) is 6.92 Å². The molecular weight excluding hydrogens is 144 g/mol. The summed E-state index contributed by atoms with van der Waals surface area (Å²) in [7, 11) is 0. The first kappa shape index (κ1) is 9.96. The molecule has 0 rings (SSSR count). The summed E-state index contributed by atoms with van der Waals surface area (Å²) >= 11 is 0. The third-order valence-electron chi connectivity index (χ3n) is 0.273. The Bertz CT molecular complexity index is 79.4. The van der Waals surface area contributed by atoms with E-state index >= 15 is 0 Å². The van der Waals surface area contributed by atoms with Gasteiger partial charge in [0.1, 0.15) is 12.2 Å². The fraction of sp³-hybridized carbons (Fsp3) is 0.500. The Hall–Kier alpha value is -0.161. The van der Waals surface area contributed by atoms with Crippen LogP contribution < -0.4 is 0 Å². The molecule has 1 unspecified atom stereocenters. The van der Waals surface area contributed by atoms with Crippen LogP contribution in [0.4, 0.5) is 0 Å². The van der Waals surface area contributed by atoms with E-state index in [0.717, 1.165) is 0 Å². The Labute approximate surface area is 53.0 Å². The molecule has 2 N–H and O–H groups in total. The maximum Gasteiger partial charge on any atom is 0.115 e. The van der Waals surface area contributed by atoms with Crippen molar-refractivity contribution in [2.45, 2.75) is 13.0 Å². The van der Waals surface area contributed by atoms with Crippen molar-refractivity contribution in [3.63, 3.8) is 0 Å². The molecule has 0 spiro atoms. The van der Waals surface area contributed by atoms with Gasteiger partial charge in [-0.2, -0.15) is 0 Å². The molecule has 0 saturated heterocycles. The SMILES string of the molecule is CC(O)C#CO.[Cu]. The number of aliphatic hydroxyl groups excluding tert-OH is 2. The van der Waals surface area contributed by atoms with Gasteiger partial charge < -0.3 is 10.2 Å². The van der Waals surface area contributed by atoms with E-state index in [0.29, 0.717) is 0 Å². The van der Waals surface area contributed by atoms with Gasteiger partial charge in [0.05, 0.1) is 0 Å². The molecule has 0 aromatic carbocycles. The molecule has 7 heavy (non-hydrogen) atoms. The Morgan fingerprint density at radius 1 is 1.57 bits per heavy atom. The van der Waals surface area contributed by atoms with Crippen molar-refractivity contribution >= 4 is 0 Å². The molecule has 0 amide bonds. The van der Waals surface area contributed by atoms with E-state index < -0.39 is 6.10 Å². The summed E-state index contributed by atoms with van der Waals surface area (Å²) in [6.45, 7) is 1.48. The maximum absolute atomic E-state index is 8.22. The maximum atomic E-state index is 8.22. The van der Waals surface area contributed by atoms with Gasteiger partial charge in [-0.05, 0) is 12.8 Å². The van der Waals surface area contributed by atoms with Crippen LogP contribution in [-0.4, -0.2) is 16.3 Å². The van der Waals surface area contributed by atoms with Crippen LogP contribution >= 0.6 is 0 Å². The van der Waals surface area contributed by atoms with Crippen molar-refractivity contribution in [1.29, 1.82) is 0 Å². The van der Waals surface area contributed by atoms with Crippen LogP contribution in [0.5, 0.6) is 0 Å². The Balaban J connectivity index is 0. The molecule has 0 aliphatic rings. The van der Waals surface area contributed by atoms with Gasteiger partial charge in [0, 0.05) is 17.1 Å². The number of hydrogen-bond donors (Lipinski definition) is 2. The summed E-state index contributed by atoms with van der Waals surface area (Å²) in [5.74, 6) is 2.07. The molecule has 1 atom stereocenters. The first-order valence-corrected chi connectivity index (χ1v) is 1.60. The predicted molar refractivity (Wildman–Crippen MR) is 21.4 cm³/mol. The molecule has 0 bridgehead atoms. The fourth-order valence-corrected chi connectivity index (χ4v) is 0.0934. The first-order valence-electron chi connectivity index (χ1n) is 1.60. The van der Waals surface area contributed by atoms with Crippen LogP contribution in [0.2, 0.25) is 0 Å². The fourth-order valence-electron chi connectivity index (χ4n) is 0.0934. The average Bonchev–Trinajstić information content (AvgIpc) is 1.35. The molecule has 45 valence electrons. The molecule has 1 radical (unpaired) electrons. The first-order chi connectivity index (χ1) is 2.77. The van der Waals surface area contributed by atoms with Gasteiger partial charge in [0.15, 0.2) is 0 Å². The van der Waals surface area contributed by atoms with E-state index in [9.17, 15) is 0 Å². The Kier molecular flexibility index (Phi) is 8.31. The molecule has 0 aromatic heterocycles. The topological polar surface area (TPSA) is 40.5 Å². The largest absolute Gasteiger partial charge is 0.462 e. The van der Waals surface area contributed by atoms with Crippen LogP contribution in [0.3, 0.4) is 0 Å². The van der Waals surface area contributed by atoms with Gasteiger partial charge in [0.2, 0.25) is 0 Å². The molecule has 0 aromatic rings. The third-order valence-corrected chi connectivity index (χ3v) is 0.273. The summed E-state index contributed by atoms with van der Waals surface area (Å²) < 4.78 is 0. The minimum Gasteiger partial charge on any atom is -0.462 e. The summed E-state index contributed by atoms with van der Waals surface area (Å²) in [4.78, 5) is 0. The van der Waals surface area contributed by atoms with E-state index in [-0.39, 0.29) is 17.1 Å². The smallest absolute Gasteiger partial charge is 0.115 e. The third kappa shape index (κ3) is 10.7. The second-order valence-corrected chi connectivity index (χ2v) is 0.932. The summed E-state index contributed by atoms with van der Waals surface area (Å²) in [5.41, 5.74) is 0. The second kappa shape index (κ2) is 5.84. The van der Waals surface area contributed by atoms with Gasteiger partial charge in [-0.1, -0.05) is 0 Å². The Morgan fingerprint density at radius 3 is 2.00 bits per heavy atom. The van der Waals surface area contributed by atoms with Crippen LogP contribution in [0.15, 0.2) is 0 Å². The van der Waals surface area contributed by atoms with Crippen molar-refractivity contribution in [1.82, 2.24) is 0 Å². The van der Waals surface area contributed by atoms with E-state index in [4.69, 9.17) is 10.2 Å². The van der Waals surface area contributed by atoms with Crippen molar-refractivity contribution < 1.29 is 27.3 Å². The number of hydrogen-bond acceptors (Lipinski definition) is 2. The molecule has 0 fully saturated rings. The predicted octanol–water partition coefficient (Wildman–Crippen LogP) is -0.302. The minimum absolute atomic E-state index is 0. The van der Waals surface area contributed by atoms with E-state index in [1.54, 1.807) is 6.11 Å². The molecule has 0 heterocycles. The zero-order valence-electron chi connectivity index (χ0n) is 3.77. The van der Waals surface area contributed by atoms with Crippen LogP contribution in [0, 0.1) is 12.0 Å². The van der Waals surface area contributed by atoms with E-state index in [1.807, 2.05) is 0 Å². The van der Waals surface area contributed by atoms with Crippen molar-refractivity contribution in [2.24, 2.45) is 0 Å². The van der Waals surface area contributed by atoms with Crippen molar-refractivity contribution in [3.8, 4) is 12.0 Å². The number of rotatable bonds is 0. The van der Waals surface area contributed by atoms with E-state index in [2.05, 4.69) is 5.92 Å². The van der Waals surface area contributed by atoms with Gasteiger partial charge in [0.25, 0.3) is 0 Å². The van der Waals surface area contributed by atoms with Crippen molar-refractivity contribution in [2.75, 3.05) is 0 Å². The molecule has 2 nitrogen and oxygen atoms in total.